The number of aromatic nitrogens is 1. The molecule has 28 heavy (non-hydrogen) atoms. The summed E-state index contributed by atoms with van der Waals surface area (Å²) in [6, 6.07) is 16.8. The number of thiazole rings is 1. The van der Waals surface area contributed by atoms with Gasteiger partial charge < -0.3 is 9.30 Å². The van der Waals surface area contributed by atoms with Crippen LogP contribution in [0.1, 0.15) is 31.9 Å². The van der Waals surface area contributed by atoms with E-state index in [-0.39, 0.29) is 11.9 Å². The highest BCUT2D eigenvalue weighted by Gasteiger charge is 2.23. The summed E-state index contributed by atoms with van der Waals surface area (Å²) in [5.41, 5.74) is 1.79. The van der Waals surface area contributed by atoms with Gasteiger partial charge in [-0.3, -0.25) is 4.79 Å². The van der Waals surface area contributed by atoms with Crippen molar-refractivity contribution < 1.29 is 14.3 Å². The van der Waals surface area contributed by atoms with Gasteiger partial charge in [0.05, 0.1) is 16.8 Å². The molecule has 1 atom stereocenters. The van der Waals surface area contributed by atoms with Crippen LogP contribution < -0.4 is 4.80 Å². The van der Waals surface area contributed by atoms with E-state index in [0.29, 0.717) is 17.8 Å². The molecule has 6 heteroatoms. The monoisotopic (exact) mass is 394 g/mol. The molecule has 144 valence electrons. The minimum atomic E-state index is -0.527. The Balaban J connectivity index is 2.04. The predicted molar refractivity (Wildman–Crippen MR) is 112 cm³/mol. The maximum absolute atomic E-state index is 12.5. The van der Waals surface area contributed by atoms with E-state index in [1.54, 1.807) is 13.0 Å². The molecule has 0 saturated heterocycles. The third kappa shape index (κ3) is 4.46. The second-order valence-electron chi connectivity index (χ2n) is 6.09. The standard InChI is InChI=1S/C22H22N2O3S/c1-3-17(21(26)27-4-2)24-18-12-8-9-13-19(18)28-22(24)23-20(25)15-14-16-10-6-5-7-11-16/h5-15,17H,3-4H2,1-2H3/b15-14+,23-22-. The highest BCUT2D eigenvalue weighted by Crippen LogP contribution is 2.23. The van der Waals surface area contributed by atoms with Crippen LogP contribution in [0.25, 0.3) is 16.3 Å². The summed E-state index contributed by atoms with van der Waals surface area (Å²) in [6.07, 6.45) is 3.71. The van der Waals surface area contributed by atoms with Gasteiger partial charge in [-0.25, -0.2) is 4.79 Å². The van der Waals surface area contributed by atoms with E-state index >= 15 is 0 Å². The lowest BCUT2D eigenvalue weighted by molar-refractivity contribution is -0.147. The fraction of sp³-hybridized carbons (Fsp3) is 0.227. The van der Waals surface area contributed by atoms with Crippen molar-refractivity contribution in [3.63, 3.8) is 0 Å². The van der Waals surface area contributed by atoms with Crippen LogP contribution >= 0.6 is 11.3 Å². The summed E-state index contributed by atoms with van der Waals surface area (Å²) in [5, 5.41) is 0. The van der Waals surface area contributed by atoms with Crippen molar-refractivity contribution in [1.29, 1.82) is 0 Å². The first-order valence-corrected chi connectivity index (χ1v) is 10.0. The molecule has 3 rings (SSSR count). The number of carbonyl (C=O) groups excluding carboxylic acids is 2. The minimum Gasteiger partial charge on any atom is -0.464 e. The van der Waals surface area contributed by atoms with Crippen LogP contribution in [0.3, 0.4) is 0 Å². The Morgan fingerprint density at radius 2 is 1.82 bits per heavy atom. The first-order valence-electron chi connectivity index (χ1n) is 9.22. The Morgan fingerprint density at radius 1 is 1.11 bits per heavy atom. The third-order valence-corrected chi connectivity index (χ3v) is 5.25. The Labute approximate surface area is 167 Å². The number of fused-ring (bicyclic) bond motifs is 1. The quantitative estimate of drug-likeness (QED) is 0.461. The molecular weight excluding hydrogens is 372 g/mol. The smallest absolute Gasteiger partial charge is 0.329 e. The van der Waals surface area contributed by atoms with E-state index in [0.717, 1.165) is 15.8 Å². The number of carbonyl (C=O) groups is 2. The van der Waals surface area contributed by atoms with Crippen LogP contribution in [-0.4, -0.2) is 23.1 Å². The highest BCUT2D eigenvalue weighted by atomic mass is 32.1. The summed E-state index contributed by atoms with van der Waals surface area (Å²) in [6.45, 7) is 4.01. The lowest BCUT2D eigenvalue weighted by Gasteiger charge is -2.16. The SMILES string of the molecule is CCOC(=O)C(CC)n1/c(=N/C(=O)/C=C/c2ccccc2)sc2ccccc21. The molecule has 0 fully saturated rings. The topological polar surface area (TPSA) is 60.7 Å². The van der Waals surface area contributed by atoms with Crippen LogP contribution in [0.4, 0.5) is 0 Å². The van der Waals surface area contributed by atoms with Crippen molar-refractivity contribution in [2.24, 2.45) is 4.99 Å². The fourth-order valence-corrected chi connectivity index (χ4v) is 4.00. The first kappa shape index (κ1) is 19.8. The molecule has 0 aliphatic carbocycles. The van der Waals surface area contributed by atoms with Crippen LogP contribution in [0, 0.1) is 0 Å². The van der Waals surface area contributed by atoms with Gasteiger partial charge in [-0.2, -0.15) is 4.99 Å². The zero-order chi connectivity index (χ0) is 19.9. The first-order chi connectivity index (χ1) is 13.6. The Bertz CT molecular complexity index is 1060. The van der Waals surface area contributed by atoms with Crippen molar-refractivity contribution in [3.8, 4) is 0 Å². The molecule has 1 amide bonds. The molecule has 0 saturated carbocycles. The number of rotatable bonds is 6. The Morgan fingerprint density at radius 3 is 2.54 bits per heavy atom. The van der Waals surface area contributed by atoms with Gasteiger partial charge in [0.15, 0.2) is 4.80 Å². The number of para-hydroxylation sites is 1. The van der Waals surface area contributed by atoms with Crippen LogP contribution in [-0.2, 0) is 14.3 Å². The Hall–Kier alpha value is -2.99. The zero-order valence-corrected chi connectivity index (χ0v) is 16.7. The van der Waals surface area contributed by atoms with Crippen LogP contribution in [0.15, 0.2) is 65.7 Å². The van der Waals surface area contributed by atoms with Gasteiger partial charge in [-0.15, -0.1) is 0 Å². The lowest BCUT2D eigenvalue weighted by Crippen LogP contribution is -2.28. The number of nitrogens with zero attached hydrogens (tertiary/aromatic N) is 2. The number of esters is 1. The minimum absolute atomic E-state index is 0.309. The van der Waals surface area contributed by atoms with Gasteiger partial charge in [0.1, 0.15) is 6.04 Å². The molecule has 1 unspecified atom stereocenters. The van der Waals surface area contributed by atoms with Crippen molar-refractivity contribution in [2.75, 3.05) is 6.61 Å². The molecule has 3 aromatic rings. The lowest BCUT2D eigenvalue weighted by atomic mass is 10.2. The van der Waals surface area contributed by atoms with Crippen molar-refractivity contribution in [2.45, 2.75) is 26.3 Å². The van der Waals surface area contributed by atoms with E-state index in [1.807, 2.05) is 66.1 Å². The zero-order valence-electron chi connectivity index (χ0n) is 15.9. The molecule has 1 heterocycles. The van der Waals surface area contributed by atoms with Crippen LogP contribution in [0.5, 0.6) is 0 Å². The van der Waals surface area contributed by atoms with Crippen molar-refractivity contribution >= 4 is 39.5 Å². The summed E-state index contributed by atoms with van der Waals surface area (Å²) in [5.74, 6) is -0.690. The summed E-state index contributed by atoms with van der Waals surface area (Å²) >= 11 is 1.39. The molecule has 0 aliphatic heterocycles. The molecular formula is C22H22N2O3S. The van der Waals surface area contributed by atoms with E-state index in [4.69, 9.17) is 4.74 Å². The number of hydrogen-bond donors (Lipinski definition) is 0. The Kier molecular flexibility index (Phi) is 6.55. The molecule has 2 aromatic carbocycles. The number of amides is 1. The molecule has 0 aliphatic rings. The fourth-order valence-electron chi connectivity index (χ4n) is 2.93. The van der Waals surface area contributed by atoms with Gasteiger partial charge in [-0.05, 0) is 37.1 Å². The van der Waals surface area contributed by atoms with E-state index in [2.05, 4.69) is 4.99 Å². The molecule has 1 aromatic heterocycles. The molecule has 0 bridgehead atoms. The largest absolute Gasteiger partial charge is 0.464 e. The maximum Gasteiger partial charge on any atom is 0.329 e. The average molecular weight is 394 g/mol. The molecule has 0 N–H and O–H groups in total. The second kappa shape index (κ2) is 9.28. The summed E-state index contributed by atoms with van der Waals surface area (Å²) in [7, 11) is 0. The molecule has 0 radical (unpaired) electrons. The number of hydrogen-bond acceptors (Lipinski definition) is 4. The van der Waals surface area contributed by atoms with Crippen molar-refractivity contribution in [1.82, 2.24) is 4.57 Å². The third-order valence-electron chi connectivity index (χ3n) is 4.21. The van der Waals surface area contributed by atoms with Crippen molar-refractivity contribution in [3.05, 3.63) is 71.0 Å². The van der Waals surface area contributed by atoms with Gasteiger partial charge in [0.25, 0.3) is 5.91 Å². The second-order valence-corrected chi connectivity index (χ2v) is 7.10. The number of ether oxygens (including phenoxy) is 1. The average Bonchev–Trinajstić information content (AvgIpc) is 3.06. The maximum atomic E-state index is 12.5. The normalized spacial score (nSPS) is 13.1. The van der Waals surface area contributed by atoms with E-state index in [9.17, 15) is 9.59 Å². The molecule has 0 spiro atoms. The van der Waals surface area contributed by atoms with Gasteiger partial charge >= 0.3 is 5.97 Å². The summed E-state index contributed by atoms with van der Waals surface area (Å²) < 4.78 is 8.01. The highest BCUT2D eigenvalue weighted by molar-refractivity contribution is 7.16. The van der Waals surface area contributed by atoms with Crippen LogP contribution in [0.2, 0.25) is 0 Å². The predicted octanol–water partition coefficient (Wildman–Crippen LogP) is 4.36. The van der Waals surface area contributed by atoms with E-state index in [1.165, 1.54) is 17.4 Å². The van der Waals surface area contributed by atoms with Gasteiger partial charge in [-0.1, -0.05) is 60.7 Å². The van der Waals surface area contributed by atoms with Gasteiger partial charge in [0, 0.05) is 6.08 Å². The summed E-state index contributed by atoms with van der Waals surface area (Å²) in [4.78, 5) is 29.7. The van der Waals surface area contributed by atoms with E-state index < -0.39 is 6.04 Å². The number of benzene rings is 2. The van der Waals surface area contributed by atoms with Gasteiger partial charge in [0.2, 0.25) is 0 Å². The molecule has 5 nitrogen and oxygen atoms in total.